The highest BCUT2D eigenvalue weighted by molar-refractivity contribution is 8.76. The van der Waals surface area contributed by atoms with Crippen LogP contribution in [0.15, 0.2) is 41.8 Å². The second-order valence-electron chi connectivity index (χ2n) is 3.22. The molecule has 1 aromatic heterocycles. The van der Waals surface area contributed by atoms with Crippen LogP contribution in [0.5, 0.6) is 0 Å². The van der Waals surface area contributed by atoms with E-state index in [1.165, 1.54) is 5.56 Å². The van der Waals surface area contributed by atoms with Crippen LogP contribution in [0.3, 0.4) is 0 Å². The van der Waals surface area contributed by atoms with Crippen molar-refractivity contribution in [1.29, 1.82) is 0 Å². The maximum absolute atomic E-state index is 4.10. The summed E-state index contributed by atoms with van der Waals surface area (Å²) in [6.07, 6.45) is 1.78. The second kappa shape index (κ2) is 5.96. The Bertz CT molecular complexity index is 428. The van der Waals surface area contributed by atoms with Gasteiger partial charge < -0.3 is 4.57 Å². The van der Waals surface area contributed by atoms with Crippen molar-refractivity contribution in [2.24, 2.45) is 0 Å². The summed E-state index contributed by atoms with van der Waals surface area (Å²) < 4.78 is 2.07. The van der Waals surface area contributed by atoms with Crippen LogP contribution in [0, 0.1) is 0 Å². The Hall–Kier alpha value is -0.940. The van der Waals surface area contributed by atoms with Crippen LogP contribution in [0.25, 0.3) is 0 Å². The first-order chi connectivity index (χ1) is 7.90. The predicted molar refractivity (Wildman–Crippen MR) is 69.6 cm³/mol. The van der Waals surface area contributed by atoms with Crippen LogP contribution >= 0.6 is 21.6 Å². The van der Waals surface area contributed by atoms with Crippen LogP contribution in [0.4, 0.5) is 0 Å². The van der Waals surface area contributed by atoms with E-state index in [2.05, 4.69) is 33.8 Å². The molecule has 0 amide bonds. The molecule has 0 radical (unpaired) electrons. The lowest BCUT2D eigenvalue weighted by atomic mass is 10.2. The highest BCUT2D eigenvalue weighted by atomic mass is 33.1. The third kappa shape index (κ3) is 3.02. The molecular formula is C11H13N3S2. The van der Waals surface area contributed by atoms with Crippen LogP contribution in [0.2, 0.25) is 0 Å². The second-order valence-corrected chi connectivity index (χ2v) is 5.77. The van der Waals surface area contributed by atoms with Crippen molar-refractivity contribution in [1.82, 2.24) is 14.8 Å². The molecular weight excluding hydrogens is 238 g/mol. The first kappa shape index (κ1) is 11.5. The summed E-state index contributed by atoms with van der Waals surface area (Å²) in [7, 11) is 3.46. The van der Waals surface area contributed by atoms with Gasteiger partial charge in [-0.05, 0) is 16.4 Å². The van der Waals surface area contributed by atoms with Gasteiger partial charge in [-0.3, -0.25) is 0 Å². The lowest BCUT2D eigenvalue weighted by molar-refractivity contribution is 0.711. The maximum Gasteiger partial charge on any atom is 0.201 e. The molecule has 0 atom stereocenters. The molecule has 16 heavy (non-hydrogen) atoms. The predicted octanol–water partition coefficient (Wildman–Crippen LogP) is 3.09. The Morgan fingerprint density at radius 1 is 1.25 bits per heavy atom. The summed E-state index contributed by atoms with van der Waals surface area (Å²) in [4.78, 5) is 0. The highest BCUT2D eigenvalue weighted by Crippen LogP contribution is 2.28. The lowest BCUT2D eigenvalue weighted by Crippen LogP contribution is -1.99. The molecule has 0 saturated carbocycles. The molecule has 0 fully saturated rings. The number of nitrogens with zero attached hydrogens (tertiary/aromatic N) is 3. The number of benzene rings is 1. The number of aromatic nitrogens is 3. The largest absolute Gasteiger partial charge is 0.303 e. The van der Waals surface area contributed by atoms with E-state index in [0.717, 1.165) is 17.5 Å². The molecule has 1 heterocycles. The van der Waals surface area contributed by atoms with Gasteiger partial charge in [-0.1, -0.05) is 48.0 Å². The van der Waals surface area contributed by atoms with Crippen molar-refractivity contribution >= 4 is 21.6 Å². The fourth-order valence-corrected chi connectivity index (χ4v) is 2.88. The Morgan fingerprint density at radius 2 is 2.06 bits per heavy atom. The molecule has 0 aliphatic carbocycles. The van der Waals surface area contributed by atoms with Crippen molar-refractivity contribution in [3.05, 3.63) is 42.2 Å². The van der Waals surface area contributed by atoms with Crippen molar-refractivity contribution in [3.63, 3.8) is 0 Å². The number of rotatable bonds is 5. The van der Waals surface area contributed by atoms with Crippen molar-refractivity contribution < 1.29 is 0 Å². The zero-order valence-electron chi connectivity index (χ0n) is 9.04. The number of hydrogen-bond donors (Lipinski definition) is 0. The molecule has 0 spiro atoms. The van der Waals surface area contributed by atoms with E-state index in [-0.39, 0.29) is 0 Å². The summed E-state index contributed by atoms with van der Waals surface area (Å²) in [5, 5.41) is 9.02. The highest BCUT2D eigenvalue weighted by Gasteiger charge is 2.05. The normalized spacial score (nSPS) is 10.6. The van der Waals surface area contributed by atoms with E-state index < -0.39 is 0 Å². The fourth-order valence-electron chi connectivity index (χ4n) is 1.31. The number of hydrogen-bond acceptors (Lipinski definition) is 4. The van der Waals surface area contributed by atoms with Crippen LogP contribution in [-0.2, 0) is 6.54 Å². The van der Waals surface area contributed by atoms with Gasteiger partial charge in [-0.25, -0.2) is 0 Å². The van der Waals surface area contributed by atoms with Gasteiger partial charge in [0.2, 0.25) is 5.16 Å². The third-order valence-corrected chi connectivity index (χ3v) is 4.35. The van der Waals surface area contributed by atoms with Gasteiger partial charge in [0.05, 0.1) is 6.54 Å². The van der Waals surface area contributed by atoms with Crippen LogP contribution in [0.1, 0.15) is 12.5 Å². The van der Waals surface area contributed by atoms with Crippen molar-refractivity contribution in [3.8, 4) is 0 Å². The monoisotopic (exact) mass is 251 g/mol. The van der Waals surface area contributed by atoms with Gasteiger partial charge in [-0.15, -0.1) is 10.2 Å². The molecule has 2 aromatic rings. The summed E-state index contributed by atoms with van der Waals surface area (Å²) >= 11 is 0. The van der Waals surface area contributed by atoms with Gasteiger partial charge in [0.15, 0.2) is 0 Å². The topological polar surface area (TPSA) is 30.7 Å². The summed E-state index contributed by atoms with van der Waals surface area (Å²) in [5.74, 6) is 1.07. The third-order valence-electron chi connectivity index (χ3n) is 2.03. The first-order valence-corrected chi connectivity index (χ1v) is 7.43. The van der Waals surface area contributed by atoms with E-state index in [4.69, 9.17) is 0 Å². The molecule has 0 N–H and O–H groups in total. The molecule has 0 unspecified atom stereocenters. The van der Waals surface area contributed by atoms with Crippen molar-refractivity contribution in [2.45, 2.75) is 18.6 Å². The molecule has 0 aliphatic rings. The molecule has 0 bridgehead atoms. The van der Waals surface area contributed by atoms with Gasteiger partial charge in [0, 0.05) is 5.75 Å². The Kier molecular flexibility index (Phi) is 4.30. The molecule has 5 heteroatoms. The smallest absolute Gasteiger partial charge is 0.201 e. The Labute approximate surface area is 103 Å². The average molecular weight is 251 g/mol. The first-order valence-electron chi connectivity index (χ1n) is 5.11. The standard InChI is InChI=1S/C11H13N3S2/c1-2-15-16-11-13-12-9-14(11)8-10-6-4-3-5-7-10/h3-7,9H,2,8H2,1H3. The van der Waals surface area contributed by atoms with Crippen LogP contribution in [-0.4, -0.2) is 20.5 Å². The quantitative estimate of drug-likeness (QED) is 0.764. The van der Waals surface area contributed by atoms with Crippen LogP contribution < -0.4 is 0 Å². The van der Waals surface area contributed by atoms with E-state index in [1.54, 1.807) is 27.9 Å². The fraction of sp³-hybridized carbons (Fsp3) is 0.273. The van der Waals surface area contributed by atoms with E-state index >= 15 is 0 Å². The SMILES string of the molecule is CCSSc1nncn1Cc1ccccc1. The molecule has 0 saturated heterocycles. The van der Waals surface area contributed by atoms with E-state index in [9.17, 15) is 0 Å². The minimum atomic E-state index is 0.834. The lowest BCUT2D eigenvalue weighted by Gasteiger charge is -2.04. The minimum absolute atomic E-state index is 0.834. The summed E-state index contributed by atoms with van der Waals surface area (Å²) in [5.41, 5.74) is 1.27. The van der Waals surface area contributed by atoms with E-state index in [1.807, 2.05) is 18.2 Å². The maximum atomic E-state index is 4.10. The van der Waals surface area contributed by atoms with E-state index in [0.29, 0.717) is 0 Å². The zero-order chi connectivity index (χ0) is 11.2. The summed E-state index contributed by atoms with van der Waals surface area (Å²) in [6.45, 7) is 2.97. The zero-order valence-corrected chi connectivity index (χ0v) is 10.7. The molecule has 1 aromatic carbocycles. The molecule has 84 valence electrons. The molecule has 3 nitrogen and oxygen atoms in total. The minimum Gasteiger partial charge on any atom is -0.303 e. The van der Waals surface area contributed by atoms with Gasteiger partial charge in [0.1, 0.15) is 6.33 Å². The van der Waals surface area contributed by atoms with Gasteiger partial charge in [-0.2, -0.15) is 0 Å². The molecule has 2 rings (SSSR count). The van der Waals surface area contributed by atoms with Gasteiger partial charge in [0.25, 0.3) is 0 Å². The summed E-state index contributed by atoms with van der Waals surface area (Å²) in [6, 6.07) is 10.3. The van der Waals surface area contributed by atoms with Crippen molar-refractivity contribution in [2.75, 3.05) is 5.75 Å². The Balaban J connectivity index is 2.07. The molecule has 0 aliphatic heterocycles. The van der Waals surface area contributed by atoms with Gasteiger partial charge >= 0.3 is 0 Å². The average Bonchev–Trinajstić information content (AvgIpc) is 2.75. The Morgan fingerprint density at radius 3 is 2.81 bits per heavy atom.